The molecule has 0 aliphatic heterocycles. The van der Waals surface area contributed by atoms with Gasteiger partial charge in [-0.3, -0.25) is 9.59 Å². The van der Waals surface area contributed by atoms with Gasteiger partial charge in [0.1, 0.15) is 0 Å². The number of benzene rings is 3. The Balaban J connectivity index is 1.31. The van der Waals surface area contributed by atoms with E-state index in [0.29, 0.717) is 27.3 Å². The van der Waals surface area contributed by atoms with Crippen molar-refractivity contribution in [2.24, 2.45) is 0 Å². The van der Waals surface area contributed by atoms with Crippen LogP contribution in [0.25, 0.3) is 27.7 Å². The number of nitrogens with zero attached hydrogens (tertiary/aromatic N) is 3. The number of ketones is 1. The Kier molecular flexibility index (Phi) is 5.16. The molecule has 1 N–H and O–H groups in total. The zero-order valence-electron chi connectivity index (χ0n) is 18.4. The van der Waals surface area contributed by atoms with E-state index in [9.17, 15) is 9.59 Å². The largest absolute Gasteiger partial charge is 0.322 e. The van der Waals surface area contributed by atoms with Gasteiger partial charge in [-0.2, -0.15) is 5.10 Å². The number of hydrogen-bond donors (Lipinski definition) is 1. The van der Waals surface area contributed by atoms with Gasteiger partial charge in [0.05, 0.1) is 22.3 Å². The minimum Gasteiger partial charge on any atom is -0.322 e. The highest BCUT2D eigenvalue weighted by Gasteiger charge is 2.18. The third-order valence-electron chi connectivity index (χ3n) is 5.82. The van der Waals surface area contributed by atoms with Crippen LogP contribution in [0.1, 0.15) is 25.6 Å². The van der Waals surface area contributed by atoms with Crippen molar-refractivity contribution in [2.75, 3.05) is 5.32 Å². The van der Waals surface area contributed by atoms with E-state index < -0.39 is 0 Å². The van der Waals surface area contributed by atoms with Gasteiger partial charge in [-0.05, 0) is 52.6 Å². The Hall–Kier alpha value is -4.62. The maximum Gasteiger partial charge on any atom is 0.255 e. The van der Waals surface area contributed by atoms with Crippen LogP contribution in [0.15, 0.2) is 103 Å². The Labute approximate surface area is 204 Å². The molecule has 0 atom stereocenters. The summed E-state index contributed by atoms with van der Waals surface area (Å²) in [7, 11) is 0. The number of nitrogens with one attached hydrogen (secondary N) is 1. The van der Waals surface area contributed by atoms with Crippen LogP contribution in [0.4, 0.5) is 5.69 Å². The van der Waals surface area contributed by atoms with E-state index in [1.807, 2.05) is 84.2 Å². The van der Waals surface area contributed by atoms with Gasteiger partial charge in [-0.15, -0.1) is 11.3 Å². The second-order valence-electron chi connectivity index (χ2n) is 8.03. The molecule has 6 aromatic rings. The summed E-state index contributed by atoms with van der Waals surface area (Å²) in [6.45, 7) is 0. The molecule has 3 aromatic heterocycles. The summed E-state index contributed by atoms with van der Waals surface area (Å²) >= 11 is 1.39. The SMILES string of the molecule is O=C(Nc1cccc(-c2ccnc3c(C(=O)c4cccs4)cnn23)c1)c1ccc2ccccc2c1. The Morgan fingerprint density at radius 2 is 1.74 bits per heavy atom. The van der Waals surface area contributed by atoms with E-state index >= 15 is 0 Å². The van der Waals surface area contributed by atoms with Crippen LogP contribution < -0.4 is 5.32 Å². The number of carbonyl (C=O) groups excluding carboxylic acids is 2. The molecule has 0 saturated heterocycles. The number of anilines is 1. The van der Waals surface area contributed by atoms with Gasteiger partial charge in [0.15, 0.2) is 5.65 Å². The number of thiophene rings is 1. The van der Waals surface area contributed by atoms with Crippen LogP contribution in [0, 0.1) is 0 Å². The van der Waals surface area contributed by atoms with Crippen molar-refractivity contribution in [2.45, 2.75) is 0 Å². The summed E-state index contributed by atoms with van der Waals surface area (Å²) in [4.78, 5) is 30.9. The van der Waals surface area contributed by atoms with Crippen LogP contribution in [0.5, 0.6) is 0 Å². The summed E-state index contributed by atoms with van der Waals surface area (Å²) in [5, 5.41) is 11.4. The highest BCUT2D eigenvalue weighted by atomic mass is 32.1. The maximum atomic E-state index is 12.9. The fourth-order valence-electron chi connectivity index (χ4n) is 4.10. The standard InChI is InChI=1S/C28H18N4O2S/c33-26(25-9-4-14-35-25)23-17-30-32-24(12-13-29-27(23)32)20-7-3-8-22(16-20)31-28(34)21-11-10-18-5-1-2-6-19(18)15-21/h1-17H,(H,31,34). The van der Waals surface area contributed by atoms with Gasteiger partial charge < -0.3 is 5.32 Å². The van der Waals surface area contributed by atoms with Crippen molar-refractivity contribution in [3.8, 4) is 11.3 Å². The van der Waals surface area contributed by atoms with Gasteiger partial charge in [-0.1, -0.05) is 48.5 Å². The zero-order valence-corrected chi connectivity index (χ0v) is 19.2. The minimum absolute atomic E-state index is 0.101. The number of rotatable bonds is 5. The van der Waals surface area contributed by atoms with Crippen molar-refractivity contribution in [3.63, 3.8) is 0 Å². The molecule has 0 aliphatic rings. The van der Waals surface area contributed by atoms with Gasteiger partial charge in [-0.25, -0.2) is 9.50 Å². The van der Waals surface area contributed by atoms with Crippen LogP contribution in [0.2, 0.25) is 0 Å². The van der Waals surface area contributed by atoms with Gasteiger partial charge in [0.25, 0.3) is 5.91 Å². The molecule has 0 radical (unpaired) electrons. The Morgan fingerprint density at radius 3 is 2.60 bits per heavy atom. The summed E-state index contributed by atoms with van der Waals surface area (Å²) in [5.74, 6) is -0.285. The predicted molar refractivity (Wildman–Crippen MR) is 138 cm³/mol. The molecule has 0 fully saturated rings. The van der Waals surface area contributed by atoms with E-state index in [2.05, 4.69) is 15.4 Å². The highest BCUT2D eigenvalue weighted by molar-refractivity contribution is 7.12. The molecule has 168 valence electrons. The molecular weight excluding hydrogens is 456 g/mol. The number of carbonyl (C=O) groups is 2. The van der Waals surface area contributed by atoms with Gasteiger partial charge >= 0.3 is 0 Å². The molecule has 35 heavy (non-hydrogen) atoms. The van der Waals surface area contributed by atoms with Gasteiger partial charge in [0.2, 0.25) is 5.78 Å². The smallest absolute Gasteiger partial charge is 0.255 e. The first-order valence-electron chi connectivity index (χ1n) is 11.0. The molecule has 0 unspecified atom stereocenters. The first-order chi connectivity index (χ1) is 17.2. The zero-order chi connectivity index (χ0) is 23.8. The number of hydrogen-bond acceptors (Lipinski definition) is 5. The molecule has 3 aromatic carbocycles. The number of amides is 1. The lowest BCUT2D eigenvalue weighted by atomic mass is 10.1. The molecular formula is C28H18N4O2S. The molecule has 1 amide bonds. The van der Waals surface area contributed by atoms with Crippen LogP contribution in [0.3, 0.4) is 0 Å². The second-order valence-corrected chi connectivity index (χ2v) is 8.97. The van der Waals surface area contributed by atoms with Crippen LogP contribution in [-0.2, 0) is 0 Å². The average Bonchev–Trinajstić information content (AvgIpc) is 3.59. The fraction of sp³-hybridized carbons (Fsp3) is 0. The van der Waals surface area contributed by atoms with E-state index in [1.54, 1.807) is 23.0 Å². The maximum absolute atomic E-state index is 12.9. The summed E-state index contributed by atoms with van der Waals surface area (Å²) < 4.78 is 1.66. The van der Waals surface area contributed by atoms with E-state index in [4.69, 9.17) is 0 Å². The molecule has 6 rings (SSSR count). The van der Waals surface area contributed by atoms with Crippen molar-refractivity contribution in [3.05, 3.63) is 119 Å². The molecule has 0 aliphatic carbocycles. The van der Waals surface area contributed by atoms with E-state index in [1.165, 1.54) is 11.3 Å². The second kappa shape index (κ2) is 8.62. The normalized spacial score (nSPS) is 11.1. The van der Waals surface area contributed by atoms with E-state index in [-0.39, 0.29) is 11.7 Å². The fourth-order valence-corrected chi connectivity index (χ4v) is 4.78. The molecule has 0 spiro atoms. The van der Waals surface area contributed by atoms with Gasteiger partial charge in [0, 0.05) is 23.0 Å². The summed E-state index contributed by atoms with van der Waals surface area (Å²) in [6.07, 6.45) is 3.22. The monoisotopic (exact) mass is 474 g/mol. The molecule has 0 bridgehead atoms. The summed E-state index contributed by atoms with van der Waals surface area (Å²) in [5.41, 5.74) is 3.80. The van der Waals surface area contributed by atoms with Crippen molar-refractivity contribution in [1.29, 1.82) is 0 Å². The lowest BCUT2D eigenvalue weighted by molar-refractivity contribution is 0.102. The van der Waals surface area contributed by atoms with Crippen LogP contribution >= 0.6 is 11.3 Å². The van der Waals surface area contributed by atoms with Crippen molar-refractivity contribution in [1.82, 2.24) is 14.6 Å². The Bertz CT molecular complexity index is 1720. The van der Waals surface area contributed by atoms with Crippen molar-refractivity contribution < 1.29 is 9.59 Å². The predicted octanol–water partition coefficient (Wildman–Crippen LogP) is 6.09. The van der Waals surface area contributed by atoms with E-state index in [0.717, 1.165) is 22.0 Å². The highest BCUT2D eigenvalue weighted by Crippen LogP contribution is 2.26. The lowest BCUT2D eigenvalue weighted by Gasteiger charge is -2.09. The molecule has 3 heterocycles. The van der Waals surface area contributed by atoms with Crippen LogP contribution in [-0.4, -0.2) is 26.3 Å². The molecule has 7 heteroatoms. The third kappa shape index (κ3) is 3.88. The molecule has 0 saturated carbocycles. The quantitative estimate of drug-likeness (QED) is 0.307. The average molecular weight is 475 g/mol. The number of fused-ring (bicyclic) bond motifs is 2. The summed E-state index contributed by atoms with van der Waals surface area (Å²) in [6, 6.07) is 26.6. The minimum atomic E-state index is -0.185. The first kappa shape index (κ1) is 20.9. The molecule has 6 nitrogen and oxygen atoms in total. The van der Waals surface area contributed by atoms with Crippen molar-refractivity contribution >= 4 is 45.1 Å². The third-order valence-corrected chi connectivity index (χ3v) is 6.69. The number of aromatic nitrogens is 3. The lowest BCUT2D eigenvalue weighted by Crippen LogP contribution is -2.11. The topological polar surface area (TPSA) is 76.4 Å². The first-order valence-corrected chi connectivity index (χ1v) is 11.9. The Morgan fingerprint density at radius 1 is 0.857 bits per heavy atom.